The van der Waals surface area contributed by atoms with Crippen LogP contribution in [0.5, 0.6) is 0 Å². The Morgan fingerprint density at radius 3 is 2.81 bits per heavy atom. The molecule has 146 valence electrons. The predicted octanol–water partition coefficient (Wildman–Crippen LogP) is 1.93. The lowest BCUT2D eigenvalue weighted by atomic mass is 9.85. The van der Waals surface area contributed by atoms with E-state index in [1.807, 2.05) is 18.2 Å². The van der Waals surface area contributed by atoms with Crippen LogP contribution in [-0.2, 0) is 9.84 Å². The van der Waals surface area contributed by atoms with Crippen molar-refractivity contribution in [3.05, 3.63) is 34.9 Å². The molecule has 26 heavy (non-hydrogen) atoms. The van der Waals surface area contributed by atoms with Crippen molar-refractivity contribution in [1.29, 1.82) is 0 Å². The van der Waals surface area contributed by atoms with Crippen LogP contribution in [0.4, 0.5) is 0 Å². The second-order valence-electron chi connectivity index (χ2n) is 6.89. The van der Waals surface area contributed by atoms with Crippen molar-refractivity contribution in [1.82, 2.24) is 15.5 Å². The molecule has 0 bridgehead atoms. The van der Waals surface area contributed by atoms with Gasteiger partial charge in [0.25, 0.3) is 0 Å². The molecule has 1 saturated heterocycles. The maximum Gasteiger partial charge on any atom is 0.191 e. The standard InChI is InChI=1S/C18H29ClN4O2S/c1-20-18(21-9-11-26(3,24)25)22-13-15-7-5-10-23(2)17(15)14-6-4-8-16(19)12-14/h4,6,8,12,15,17H,5,7,9-11,13H2,1-3H3,(H2,20,21,22). The first-order chi connectivity index (χ1) is 12.3. The summed E-state index contributed by atoms with van der Waals surface area (Å²) in [4.78, 5) is 6.56. The Morgan fingerprint density at radius 1 is 1.38 bits per heavy atom. The first-order valence-corrected chi connectivity index (χ1v) is 11.3. The maximum atomic E-state index is 11.3. The summed E-state index contributed by atoms with van der Waals surface area (Å²) in [5.41, 5.74) is 1.23. The lowest BCUT2D eigenvalue weighted by Crippen LogP contribution is -2.45. The van der Waals surface area contributed by atoms with Crippen LogP contribution in [-0.4, -0.2) is 65.0 Å². The highest BCUT2D eigenvalue weighted by atomic mass is 35.5. The number of nitrogens with one attached hydrogen (secondary N) is 2. The van der Waals surface area contributed by atoms with Crippen LogP contribution in [0, 0.1) is 5.92 Å². The molecule has 1 heterocycles. The summed E-state index contributed by atoms with van der Waals surface area (Å²) < 4.78 is 22.5. The minimum absolute atomic E-state index is 0.0883. The molecule has 2 rings (SSSR count). The van der Waals surface area contributed by atoms with Gasteiger partial charge in [0.2, 0.25) is 0 Å². The van der Waals surface area contributed by atoms with E-state index in [9.17, 15) is 8.42 Å². The van der Waals surface area contributed by atoms with Gasteiger partial charge in [-0.1, -0.05) is 23.7 Å². The van der Waals surface area contributed by atoms with Crippen molar-refractivity contribution >= 4 is 27.4 Å². The van der Waals surface area contributed by atoms with E-state index in [1.54, 1.807) is 7.05 Å². The Bertz CT molecular complexity index is 724. The lowest BCUT2D eigenvalue weighted by molar-refractivity contribution is 0.122. The molecule has 0 radical (unpaired) electrons. The summed E-state index contributed by atoms with van der Waals surface area (Å²) in [5, 5.41) is 7.17. The van der Waals surface area contributed by atoms with E-state index in [-0.39, 0.29) is 5.75 Å². The molecule has 1 aromatic carbocycles. The fourth-order valence-corrected chi connectivity index (χ4v) is 4.17. The van der Waals surface area contributed by atoms with Crippen molar-refractivity contribution in [3.63, 3.8) is 0 Å². The molecule has 0 saturated carbocycles. The Labute approximate surface area is 161 Å². The van der Waals surface area contributed by atoms with Crippen molar-refractivity contribution in [2.45, 2.75) is 18.9 Å². The van der Waals surface area contributed by atoms with Crippen LogP contribution in [0.1, 0.15) is 24.4 Å². The Hall–Kier alpha value is -1.31. The molecule has 2 unspecified atom stereocenters. The molecule has 1 aliphatic rings. The molecule has 8 heteroatoms. The normalized spacial score (nSPS) is 22.2. The van der Waals surface area contributed by atoms with Crippen LogP contribution in [0.3, 0.4) is 0 Å². The molecule has 1 aliphatic heterocycles. The highest BCUT2D eigenvalue weighted by Crippen LogP contribution is 2.35. The number of likely N-dealkylation sites (tertiary alicyclic amines) is 1. The Morgan fingerprint density at radius 2 is 2.15 bits per heavy atom. The first kappa shape index (κ1) is 21.0. The van der Waals surface area contributed by atoms with Crippen molar-refractivity contribution in [2.75, 3.05) is 45.7 Å². The molecule has 0 aromatic heterocycles. The summed E-state index contributed by atoms with van der Waals surface area (Å²) in [6, 6.07) is 8.36. The van der Waals surface area contributed by atoms with Crippen LogP contribution < -0.4 is 10.6 Å². The van der Waals surface area contributed by atoms with Crippen LogP contribution in [0.2, 0.25) is 5.02 Å². The van der Waals surface area contributed by atoms with Gasteiger partial charge in [0, 0.05) is 37.5 Å². The van der Waals surface area contributed by atoms with Gasteiger partial charge in [-0.2, -0.15) is 0 Å². The number of hydrogen-bond acceptors (Lipinski definition) is 4. The summed E-state index contributed by atoms with van der Waals surface area (Å²) >= 11 is 6.19. The zero-order valence-corrected chi connectivity index (χ0v) is 17.3. The number of halogens is 1. The van der Waals surface area contributed by atoms with E-state index < -0.39 is 9.84 Å². The minimum atomic E-state index is -2.98. The third-order valence-electron chi connectivity index (χ3n) is 4.72. The van der Waals surface area contributed by atoms with E-state index in [4.69, 9.17) is 11.6 Å². The number of nitrogens with zero attached hydrogens (tertiary/aromatic N) is 2. The third-order valence-corrected chi connectivity index (χ3v) is 5.90. The molecule has 2 N–H and O–H groups in total. The fraction of sp³-hybridized carbons (Fsp3) is 0.611. The summed E-state index contributed by atoms with van der Waals surface area (Å²) in [6.07, 6.45) is 3.51. The SMILES string of the molecule is CN=C(NCCS(C)(=O)=O)NCC1CCCN(C)C1c1cccc(Cl)c1. The van der Waals surface area contributed by atoms with E-state index >= 15 is 0 Å². The monoisotopic (exact) mass is 400 g/mol. The molecule has 6 nitrogen and oxygen atoms in total. The Balaban J connectivity index is 1.99. The van der Waals surface area contributed by atoms with Gasteiger partial charge in [-0.05, 0) is 50.0 Å². The van der Waals surface area contributed by atoms with Gasteiger partial charge in [-0.25, -0.2) is 8.42 Å². The average Bonchev–Trinajstić information content (AvgIpc) is 2.57. The zero-order chi connectivity index (χ0) is 19.2. The van der Waals surface area contributed by atoms with Gasteiger partial charge in [-0.3, -0.25) is 9.89 Å². The average molecular weight is 401 g/mol. The lowest BCUT2D eigenvalue weighted by Gasteiger charge is -2.40. The van der Waals surface area contributed by atoms with Gasteiger partial charge in [0.15, 0.2) is 5.96 Å². The van der Waals surface area contributed by atoms with Crippen LogP contribution >= 0.6 is 11.6 Å². The number of sulfone groups is 1. The van der Waals surface area contributed by atoms with Crippen LogP contribution in [0.25, 0.3) is 0 Å². The van der Waals surface area contributed by atoms with Gasteiger partial charge in [-0.15, -0.1) is 0 Å². The highest BCUT2D eigenvalue weighted by molar-refractivity contribution is 7.90. The summed E-state index contributed by atoms with van der Waals surface area (Å²) in [7, 11) is 0.857. The Kier molecular flexibility index (Phi) is 7.73. The third kappa shape index (κ3) is 6.45. The van der Waals surface area contributed by atoms with Crippen molar-refractivity contribution in [2.24, 2.45) is 10.9 Å². The second kappa shape index (κ2) is 9.58. The van der Waals surface area contributed by atoms with Gasteiger partial charge < -0.3 is 10.6 Å². The first-order valence-electron chi connectivity index (χ1n) is 8.88. The summed E-state index contributed by atoms with van der Waals surface area (Å²) in [5.74, 6) is 1.14. The molecule has 2 atom stereocenters. The molecule has 1 aromatic rings. The quantitative estimate of drug-likeness (QED) is 0.563. The molecular weight excluding hydrogens is 372 g/mol. The van der Waals surface area contributed by atoms with Gasteiger partial charge in [0.05, 0.1) is 5.75 Å². The zero-order valence-electron chi connectivity index (χ0n) is 15.7. The fourth-order valence-electron chi connectivity index (χ4n) is 3.49. The number of piperidine rings is 1. The molecular formula is C18H29ClN4O2S. The van der Waals surface area contributed by atoms with Gasteiger partial charge in [0.1, 0.15) is 9.84 Å². The minimum Gasteiger partial charge on any atom is -0.356 e. The van der Waals surface area contributed by atoms with Crippen molar-refractivity contribution < 1.29 is 8.42 Å². The number of rotatable bonds is 6. The van der Waals surface area contributed by atoms with E-state index in [0.717, 1.165) is 31.0 Å². The van der Waals surface area contributed by atoms with E-state index in [1.165, 1.54) is 11.8 Å². The smallest absolute Gasteiger partial charge is 0.191 e. The molecule has 0 amide bonds. The largest absolute Gasteiger partial charge is 0.356 e. The number of benzene rings is 1. The molecule has 0 aliphatic carbocycles. The molecule has 1 fully saturated rings. The van der Waals surface area contributed by atoms with Crippen LogP contribution in [0.15, 0.2) is 29.3 Å². The topological polar surface area (TPSA) is 73.8 Å². The van der Waals surface area contributed by atoms with Gasteiger partial charge >= 0.3 is 0 Å². The predicted molar refractivity (Wildman–Crippen MR) is 109 cm³/mol. The number of guanidine groups is 1. The van der Waals surface area contributed by atoms with Crippen molar-refractivity contribution in [3.8, 4) is 0 Å². The number of aliphatic imine (C=N–C) groups is 1. The van der Waals surface area contributed by atoms with E-state index in [0.29, 0.717) is 24.5 Å². The highest BCUT2D eigenvalue weighted by Gasteiger charge is 2.30. The number of hydrogen-bond donors (Lipinski definition) is 2. The van der Waals surface area contributed by atoms with E-state index in [2.05, 4.69) is 33.6 Å². The summed E-state index contributed by atoms with van der Waals surface area (Å²) in [6.45, 7) is 2.18. The molecule has 0 spiro atoms. The second-order valence-corrected chi connectivity index (χ2v) is 9.59. The maximum absolute atomic E-state index is 11.3.